The Labute approximate surface area is 172 Å². The first kappa shape index (κ1) is 18.0. The maximum Gasteiger partial charge on any atom is 0.229 e. The summed E-state index contributed by atoms with van der Waals surface area (Å²) in [6.07, 6.45) is 5.13. The highest BCUT2D eigenvalue weighted by Gasteiger charge is 2.72. The van der Waals surface area contributed by atoms with Crippen molar-refractivity contribution in [2.75, 3.05) is 6.54 Å². The van der Waals surface area contributed by atoms with E-state index in [9.17, 15) is 13.6 Å². The zero-order valence-electron chi connectivity index (χ0n) is 16.5. The molecule has 2 bridgehead atoms. The van der Waals surface area contributed by atoms with E-state index in [1.165, 1.54) is 12.1 Å². The van der Waals surface area contributed by atoms with Gasteiger partial charge in [-0.25, -0.2) is 8.78 Å². The minimum absolute atomic E-state index is 0.0331. The van der Waals surface area contributed by atoms with Crippen LogP contribution < -0.4 is 0 Å². The second-order valence-corrected chi connectivity index (χ2v) is 9.38. The summed E-state index contributed by atoms with van der Waals surface area (Å²) in [7, 11) is 0. The molecule has 1 aromatic carbocycles. The second-order valence-electron chi connectivity index (χ2n) is 9.38. The van der Waals surface area contributed by atoms with Gasteiger partial charge in [0.05, 0.1) is 29.7 Å². The number of aromatic nitrogens is 3. The molecule has 2 unspecified atom stereocenters. The molecule has 7 heteroatoms. The minimum atomic E-state index is -1.06. The van der Waals surface area contributed by atoms with Gasteiger partial charge in [0.15, 0.2) is 0 Å². The van der Waals surface area contributed by atoms with Crippen molar-refractivity contribution in [3.05, 3.63) is 60.2 Å². The Morgan fingerprint density at radius 1 is 1.20 bits per heavy atom. The molecule has 3 aromatic rings. The molecule has 3 aliphatic carbocycles. The van der Waals surface area contributed by atoms with E-state index in [4.69, 9.17) is 0 Å². The monoisotopic (exact) mass is 408 g/mol. The summed E-state index contributed by atoms with van der Waals surface area (Å²) in [5, 5.41) is 4.48. The number of amides is 1. The zero-order valence-corrected chi connectivity index (χ0v) is 16.5. The Morgan fingerprint density at radius 2 is 2.03 bits per heavy atom. The van der Waals surface area contributed by atoms with Crippen LogP contribution in [-0.2, 0) is 11.3 Å². The number of carbonyl (C=O) groups is 1. The molecule has 7 rings (SSSR count). The van der Waals surface area contributed by atoms with Crippen molar-refractivity contribution in [2.45, 2.75) is 44.4 Å². The van der Waals surface area contributed by atoms with Gasteiger partial charge in [-0.2, -0.15) is 5.10 Å². The van der Waals surface area contributed by atoms with Crippen LogP contribution in [0.15, 0.2) is 48.8 Å². The Kier molecular flexibility index (Phi) is 3.65. The lowest BCUT2D eigenvalue weighted by Gasteiger charge is -2.70. The van der Waals surface area contributed by atoms with Crippen molar-refractivity contribution < 1.29 is 13.6 Å². The average molecular weight is 408 g/mol. The summed E-state index contributed by atoms with van der Waals surface area (Å²) in [6, 6.07) is 9.73. The fourth-order valence-corrected chi connectivity index (χ4v) is 6.09. The number of halogens is 2. The van der Waals surface area contributed by atoms with Crippen molar-refractivity contribution in [1.82, 2.24) is 19.7 Å². The topological polar surface area (TPSA) is 51.0 Å². The van der Waals surface area contributed by atoms with Crippen molar-refractivity contribution in [3.8, 4) is 0 Å². The lowest BCUT2D eigenvalue weighted by molar-refractivity contribution is -0.222. The van der Waals surface area contributed by atoms with E-state index >= 15 is 0 Å². The number of pyridine rings is 1. The molecular weight excluding hydrogens is 386 g/mol. The van der Waals surface area contributed by atoms with Crippen LogP contribution in [-0.4, -0.2) is 38.3 Å². The first-order chi connectivity index (χ1) is 14.5. The number of carbonyl (C=O) groups excluding carboxylic acids is 1. The van der Waals surface area contributed by atoms with E-state index in [2.05, 4.69) is 10.1 Å². The summed E-state index contributed by atoms with van der Waals surface area (Å²) in [5.74, 6) is -0.321. The van der Waals surface area contributed by atoms with Crippen LogP contribution in [0.2, 0.25) is 0 Å². The highest BCUT2D eigenvalue weighted by atomic mass is 19.1. The van der Waals surface area contributed by atoms with E-state index in [0.717, 1.165) is 36.8 Å². The molecular formula is C23H22F2N4O. The number of fused-ring (bicyclic) bond motifs is 1. The van der Waals surface area contributed by atoms with Crippen LogP contribution in [0.5, 0.6) is 0 Å². The third-order valence-electron chi connectivity index (χ3n) is 7.24. The average Bonchev–Trinajstić information content (AvgIpc) is 3.26. The smallest absolute Gasteiger partial charge is 0.229 e. The van der Waals surface area contributed by atoms with Crippen molar-refractivity contribution in [1.29, 1.82) is 0 Å². The fraction of sp³-hybridized carbons (Fsp3) is 0.435. The summed E-state index contributed by atoms with van der Waals surface area (Å²) in [6.45, 7) is 0.876. The maximum atomic E-state index is 14.3. The Bertz CT molecular complexity index is 1140. The molecule has 1 amide bonds. The van der Waals surface area contributed by atoms with E-state index in [1.807, 2.05) is 16.8 Å². The number of nitrogens with zero attached hydrogens (tertiary/aromatic N) is 4. The standard InChI is InChI=1S/C23H22F2N4O/c24-16-4-1-3-15(7-16)20-8-17(25)10-28(20)21(30)23-11-22(12-23,13-23)14-29-19-5-2-6-26-18(19)9-27-29/h1-7,9,17,20H,8,10-14H2. The van der Waals surface area contributed by atoms with Gasteiger partial charge in [-0.15, -0.1) is 0 Å². The summed E-state index contributed by atoms with van der Waals surface area (Å²) in [4.78, 5) is 19.4. The van der Waals surface area contributed by atoms with Gasteiger partial charge in [0.1, 0.15) is 17.5 Å². The van der Waals surface area contributed by atoms with Gasteiger partial charge >= 0.3 is 0 Å². The molecule has 2 aromatic heterocycles. The molecule has 1 saturated heterocycles. The van der Waals surface area contributed by atoms with Crippen molar-refractivity contribution in [3.63, 3.8) is 0 Å². The molecule has 30 heavy (non-hydrogen) atoms. The summed E-state index contributed by atoms with van der Waals surface area (Å²) < 4.78 is 29.9. The van der Waals surface area contributed by atoms with Crippen LogP contribution in [0.25, 0.3) is 11.0 Å². The number of alkyl halides is 1. The van der Waals surface area contributed by atoms with Crippen LogP contribution in [0, 0.1) is 16.6 Å². The lowest BCUT2D eigenvalue weighted by atomic mass is 9.34. The fourth-order valence-electron chi connectivity index (χ4n) is 6.09. The zero-order chi connectivity index (χ0) is 20.5. The Hall–Kier alpha value is -2.83. The molecule has 4 fully saturated rings. The van der Waals surface area contributed by atoms with Crippen molar-refractivity contribution >= 4 is 16.9 Å². The van der Waals surface area contributed by atoms with E-state index < -0.39 is 6.17 Å². The Balaban J connectivity index is 1.19. The molecule has 3 saturated carbocycles. The number of hydrogen-bond donors (Lipinski definition) is 0. The molecule has 4 aliphatic rings. The van der Waals surface area contributed by atoms with Crippen LogP contribution >= 0.6 is 0 Å². The normalized spacial score (nSPS) is 32.1. The van der Waals surface area contributed by atoms with E-state index in [1.54, 1.807) is 29.4 Å². The van der Waals surface area contributed by atoms with Crippen LogP contribution in [0.1, 0.15) is 37.3 Å². The molecule has 2 atom stereocenters. The number of likely N-dealkylation sites (tertiary alicyclic amines) is 1. The summed E-state index contributed by atoms with van der Waals surface area (Å²) >= 11 is 0. The first-order valence-corrected chi connectivity index (χ1v) is 10.4. The quantitative estimate of drug-likeness (QED) is 0.654. The maximum absolute atomic E-state index is 14.3. The molecule has 1 aliphatic heterocycles. The van der Waals surface area contributed by atoms with E-state index in [-0.39, 0.29) is 41.6 Å². The van der Waals surface area contributed by atoms with Crippen LogP contribution in [0.4, 0.5) is 8.78 Å². The van der Waals surface area contributed by atoms with Crippen LogP contribution in [0.3, 0.4) is 0 Å². The SMILES string of the molecule is O=C(N1CC(F)CC1c1cccc(F)c1)C12CC(Cn3ncc4ncccc43)(C1)C2. The van der Waals surface area contributed by atoms with Gasteiger partial charge in [-0.1, -0.05) is 12.1 Å². The second kappa shape index (κ2) is 6.09. The minimum Gasteiger partial charge on any atom is -0.332 e. The predicted octanol–water partition coefficient (Wildman–Crippen LogP) is 4.05. The van der Waals surface area contributed by atoms with Gasteiger partial charge in [-0.05, 0) is 54.5 Å². The van der Waals surface area contributed by atoms with Gasteiger partial charge in [0, 0.05) is 19.2 Å². The number of benzene rings is 1. The molecule has 5 nitrogen and oxygen atoms in total. The highest BCUT2D eigenvalue weighted by molar-refractivity contribution is 5.87. The third kappa shape index (κ3) is 2.53. The third-order valence-corrected chi connectivity index (χ3v) is 7.24. The predicted molar refractivity (Wildman–Crippen MR) is 107 cm³/mol. The van der Waals surface area contributed by atoms with Gasteiger partial charge in [0.2, 0.25) is 5.91 Å². The highest BCUT2D eigenvalue weighted by Crippen LogP contribution is 2.74. The largest absolute Gasteiger partial charge is 0.332 e. The molecule has 154 valence electrons. The Morgan fingerprint density at radius 3 is 2.83 bits per heavy atom. The summed E-state index contributed by atoms with van der Waals surface area (Å²) in [5.41, 5.74) is 2.28. The van der Waals surface area contributed by atoms with Crippen molar-refractivity contribution in [2.24, 2.45) is 10.8 Å². The molecule has 0 spiro atoms. The molecule has 0 N–H and O–H groups in total. The van der Waals surface area contributed by atoms with E-state index in [0.29, 0.717) is 5.56 Å². The first-order valence-electron chi connectivity index (χ1n) is 10.4. The number of rotatable bonds is 4. The van der Waals surface area contributed by atoms with Gasteiger partial charge in [0.25, 0.3) is 0 Å². The van der Waals surface area contributed by atoms with Gasteiger partial charge in [-0.3, -0.25) is 14.5 Å². The molecule has 0 radical (unpaired) electrons. The number of hydrogen-bond acceptors (Lipinski definition) is 3. The van der Waals surface area contributed by atoms with Gasteiger partial charge < -0.3 is 4.90 Å². The lowest BCUT2D eigenvalue weighted by Crippen LogP contribution is -2.69. The molecule has 3 heterocycles.